The van der Waals surface area contributed by atoms with Crippen LogP contribution in [0.2, 0.25) is 0 Å². The Balaban J connectivity index is 0.00000144. The number of halogens is 2. The van der Waals surface area contributed by atoms with Crippen molar-refractivity contribution in [3.05, 3.63) is 40.9 Å². The molecule has 1 amide bonds. The van der Waals surface area contributed by atoms with Gasteiger partial charge in [-0.05, 0) is 19.8 Å². The average molecular weight is 388 g/mol. The number of amides is 1. The molecule has 1 atom stereocenters. The number of hydrogen-bond donors (Lipinski definition) is 1. The van der Waals surface area contributed by atoms with Gasteiger partial charge in [0.2, 0.25) is 5.91 Å². The minimum absolute atomic E-state index is 0. The van der Waals surface area contributed by atoms with Gasteiger partial charge in [0, 0.05) is 30.1 Å². The van der Waals surface area contributed by atoms with E-state index in [0.717, 1.165) is 35.7 Å². The fourth-order valence-electron chi connectivity index (χ4n) is 2.88. The molecule has 1 aliphatic heterocycles. The van der Waals surface area contributed by atoms with Gasteiger partial charge in [-0.25, -0.2) is 4.98 Å². The predicted molar refractivity (Wildman–Crippen MR) is 104 cm³/mol. The number of thiazole rings is 1. The van der Waals surface area contributed by atoms with Crippen molar-refractivity contribution in [3.63, 3.8) is 0 Å². The van der Waals surface area contributed by atoms with Gasteiger partial charge in [-0.1, -0.05) is 29.8 Å². The average Bonchev–Trinajstić information content (AvgIpc) is 3.16. The quantitative estimate of drug-likeness (QED) is 0.873. The Morgan fingerprint density at radius 2 is 2.04 bits per heavy atom. The van der Waals surface area contributed by atoms with Crippen LogP contribution in [0.4, 0.5) is 0 Å². The molecule has 1 aliphatic rings. The Kier molecular flexibility index (Phi) is 8.16. The summed E-state index contributed by atoms with van der Waals surface area (Å²) in [6.07, 6.45) is 2.45. The van der Waals surface area contributed by atoms with Crippen LogP contribution >= 0.6 is 36.2 Å². The normalized spacial score (nSPS) is 16.4. The van der Waals surface area contributed by atoms with Crippen molar-refractivity contribution in [2.45, 2.75) is 32.2 Å². The lowest BCUT2D eigenvalue weighted by Crippen LogP contribution is -2.40. The SMILES string of the molecule is Cc1ccc(-c2nc(CC(=O)N3CCCC3CN)cs2)cc1.Cl.Cl. The highest BCUT2D eigenvalue weighted by Gasteiger charge is 2.27. The summed E-state index contributed by atoms with van der Waals surface area (Å²) in [6.45, 7) is 3.45. The fraction of sp³-hybridized carbons (Fsp3) is 0.412. The lowest BCUT2D eigenvalue weighted by molar-refractivity contribution is -0.131. The molecule has 0 spiro atoms. The molecule has 2 heterocycles. The molecule has 1 unspecified atom stereocenters. The van der Waals surface area contributed by atoms with Crippen LogP contribution in [0.3, 0.4) is 0 Å². The molecule has 1 aromatic heterocycles. The van der Waals surface area contributed by atoms with E-state index in [9.17, 15) is 4.79 Å². The molecule has 132 valence electrons. The molecule has 1 saturated heterocycles. The smallest absolute Gasteiger partial charge is 0.228 e. The van der Waals surface area contributed by atoms with E-state index in [1.807, 2.05) is 10.3 Å². The van der Waals surface area contributed by atoms with Gasteiger partial charge in [0.25, 0.3) is 0 Å². The number of aromatic nitrogens is 1. The highest BCUT2D eigenvalue weighted by atomic mass is 35.5. The lowest BCUT2D eigenvalue weighted by Gasteiger charge is -2.23. The number of aryl methyl sites for hydroxylation is 1. The van der Waals surface area contributed by atoms with E-state index in [2.05, 4.69) is 36.2 Å². The number of carbonyl (C=O) groups excluding carboxylic acids is 1. The van der Waals surface area contributed by atoms with Gasteiger partial charge >= 0.3 is 0 Å². The summed E-state index contributed by atoms with van der Waals surface area (Å²) >= 11 is 1.59. The zero-order valence-corrected chi connectivity index (χ0v) is 16.1. The van der Waals surface area contributed by atoms with Crippen LogP contribution in [-0.2, 0) is 11.2 Å². The first kappa shape index (κ1) is 20.9. The summed E-state index contributed by atoms with van der Waals surface area (Å²) in [4.78, 5) is 18.9. The molecule has 4 nitrogen and oxygen atoms in total. The van der Waals surface area contributed by atoms with E-state index >= 15 is 0 Å². The molecule has 1 fully saturated rings. The second-order valence-electron chi connectivity index (χ2n) is 5.81. The first-order valence-corrected chi connectivity index (χ1v) is 8.56. The summed E-state index contributed by atoms with van der Waals surface area (Å²) in [7, 11) is 0. The number of nitrogens with zero attached hydrogens (tertiary/aromatic N) is 2. The molecular weight excluding hydrogens is 365 g/mol. The molecular formula is C17H23Cl2N3OS. The highest BCUT2D eigenvalue weighted by Crippen LogP contribution is 2.25. The molecule has 1 aromatic carbocycles. The van der Waals surface area contributed by atoms with E-state index in [4.69, 9.17) is 5.73 Å². The van der Waals surface area contributed by atoms with Crippen LogP contribution in [0.25, 0.3) is 10.6 Å². The van der Waals surface area contributed by atoms with Crippen LogP contribution in [0.5, 0.6) is 0 Å². The van der Waals surface area contributed by atoms with Crippen molar-refractivity contribution in [2.24, 2.45) is 5.73 Å². The molecule has 0 saturated carbocycles. The predicted octanol–water partition coefficient (Wildman–Crippen LogP) is 3.45. The Labute approximate surface area is 159 Å². The van der Waals surface area contributed by atoms with Crippen molar-refractivity contribution in [1.29, 1.82) is 0 Å². The molecule has 7 heteroatoms. The lowest BCUT2D eigenvalue weighted by atomic mass is 10.2. The standard InChI is InChI=1S/C17H21N3OS.2ClH/c1-12-4-6-13(7-5-12)17-19-14(11-22-17)9-16(21)20-8-2-3-15(20)10-18;;/h4-7,11,15H,2-3,8-10,18H2,1H3;2*1H. The molecule has 0 radical (unpaired) electrons. The van der Waals surface area contributed by atoms with E-state index in [-0.39, 0.29) is 36.8 Å². The minimum Gasteiger partial charge on any atom is -0.338 e. The number of likely N-dealkylation sites (tertiary alicyclic amines) is 1. The van der Waals surface area contributed by atoms with Crippen molar-refractivity contribution < 1.29 is 4.79 Å². The van der Waals surface area contributed by atoms with Crippen LogP contribution in [-0.4, -0.2) is 34.9 Å². The maximum Gasteiger partial charge on any atom is 0.228 e. The number of hydrogen-bond acceptors (Lipinski definition) is 4. The van der Waals surface area contributed by atoms with Crippen molar-refractivity contribution in [1.82, 2.24) is 9.88 Å². The molecule has 3 rings (SSSR count). The maximum absolute atomic E-state index is 12.4. The van der Waals surface area contributed by atoms with Crippen LogP contribution in [0.1, 0.15) is 24.1 Å². The van der Waals surface area contributed by atoms with E-state index in [0.29, 0.717) is 13.0 Å². The first-order valence-electron chi connectivity index (χ1n) is 7.68. The second kappa shape index (κ2) is 9.37. The van der Waals surface area contributed by atoms with Crippen LogP contribution in [0, 0.1) is 6.92 Å². The summed E-state index contributed by atoms with van der Waals surface area (Å²) in [5.74, 6) is 0.147. The third-order valence-electron chi connectivity index (χ3n) is 4.15. The van der Waals surface area contributed by atoms with Crippen molar-refractivity contribution in [2.75, 3.05) is 13.1 Å². The fourth-order valence-corrected chi connectivity index (χ4v) is 3.71. The van der Waals surface area contributed by atoms with Gasteiger partial charge in [0.1, 0.15) is 5.01 Å². The molecule has 2 aromatic rings. The molecule has 2 N–H and O–H groups in total. The van der Waals surface area contributed by atoms with E-state index < -0.39 is 0 Å². The molecule has 0 bridgehead atoms. The third kappa shape index (κ3) is 4.70. The number of rotatable bonds is 4. The Hall–Kier alpha value is -1.14. The van der Waals surface area contributed by atoms with Gasteiger partial charge in [-0.3, -0.25) is 4.79 Å². The van der Waals surface area contributed by atoms with Gasteiger partial charge < -0.3 is 10.6 Å². The second-order valence-corrected chi connectivity index (χ2v) is 6.66. The van der Waals surface area contributed by atoms with E-state index in [1.165, 1.54) is 5.56 Å². The summed E-state index contributed by atoms with van der Waals surface area (Å²) < 4.78 is 0. The number of carbonyl (C=O) groups is 1. The highest BCUT2D eigenvalue weighted by molar-refractivity contribution is 7.13. The monoisotopic (exact) mass is 387 g/mol. The Morgan fingerprint density at radius 1 is 1.33 bits per heavy atom. The van der Waals surface area contributed by atoms with E-state index in [1.54, 1.807) is 11.3 Å². The minimum atomic E-state index is 0. The van der Waals surface area contributed by atoms with Crippen molar-refractivity contribution >= 4 is 42.1 Å². The van der Waals surface area contributed by atoms with Gasteiger partial charge in [0.15, 0.2) is 0 Å². The van der Waals surface area contributed by atoms with Gasteiger partial charge in [-0.2, -0.15) is 0 Å². The van der Waals surface area contributed by atoms with Crippen molar-refractivity contribution in [3.8, 4) is 10.6 Å². The third-order valence-corrected chi connectivity index (χ3v) is 5.09. The topological polar surface area (TPSA) is 59.2 Å². The van der Waals surface area contributed by atoms with Gasteiger partial charge in [0.05, 0.1) is 12.1 Å². The molecule has 0 aliphatic carbocycles. The summed E-state index contributed by atoms with van der Waals surface area (Å²) in [5, 5.41) is 2.96. The zero-order chi connectivity index (χ0) is 15.5. The number of benzene rings is 1. The summed E-state index contributed by atoms with van der Waals surface area (Å²) in [6, 6.07) is 8.52. The van der Waals surface area contributed by atoms with Crippen LogP contribution < -0.4 is 5.73 Å². The maximum atomic E-state index is 12.4. The zero-order valence-electron chi connectivity index (χ0n) is 13.6. The Morgan fingerprint density at radius 3 is 2.71 bits per heavy atom. The number of nitrogens with two attached hydrogens (primary N) is 1. The summed E-state index contributed by atoms with van der Waals surface area (Å²) in [5.41, 5.74) is 8.94. The Bertz CT molecular complexity index is 660. The largest absolute Gasteiger partial charge is 0.338 e. The van der Waals surface area contributed by atoms with Gasteiger partial charge in [-0.15, -0.1) is 36.2 Å². The van der Waals surface area contributed by atoms with Crippen LogP contribution in [0.15, 0.2) is 29.6 Å². The first-order chi connectivity index (χ1) is 10.7. The molecule has 24 heavy (non-hydrogen) atoms.